The molecule has 0 aromatic carbocycles. The summed E-state index contributed by atoms with van der Waals surface area (Å²) in [4.78, 5) is 71.5. The third-order valence-corrected chi connectivity index (χ3v) is 8.47. The number of aliphatic hydroxyl groups excluding tert-OH is 3. The minimum absolute atomic E-state index is 0.0668. The Hall–Kier alpha value is -3.48. The zero-order valence-corrected chi connectivity index (χ0v) is 27.9. The summed E-state index contributed by atoms with van der Waals surface area (Å²) >= 11 is 0. The van der Waals surface area contributed by atoms with E-state index in [9.17, 15) is 44.1 Å². The molecule has 12 nitrogen and oxygen atoms in total. The molecule has 4 N–H and O–H groups in total. The standard InChI is InChI=1S/C34H50O12/c1-8-24(10-12-30(40)41)15-25(35)14-19(3)13-18(2)9-11-26(36)21(5)28(38)16-27(37)20(4)23(7)45-31(42)17-29(39)32-22(6)33(43)46-34(32)44/h10,12,15,18-21,23,26-27,29,36-37,39H,8-9,11,13-14,16-17H2,1-7H3,(H,40,41)/b12-10+,24-15+/t18-,19+,20+,21-,23+,26-,27+,29+/m0/s1. The van der Waals surface area contributed by atoms with Crippen molar-refractivity contribution in [2.45, 2.75) is 118 Å². The number of hydrogen-bond acceptors (Lipinski definition) is 11. The van der Waals surface area contributed by atoms with Crippen molar-refractivity contribution < 1.29 is 58.7 Å². The number of carboxylic acid groups (broad SMARTS) is 1. The van der Waals surface area contributed by atoms with Gasteiger partial charge in [0.15, 0.2) is 5.78 Å². The summed E-state index contributed by atoms with van der Waals surface area (Å²) in [6.45, 7) is 11.8. The maximum Gasteiger partial charge on any atom is 0.345 e. The molecule has 0 aliphatic carbocycles. The van der Waals surface area contributed by atoms with Crippen LogP contribution in [0.5, 0.6) is 0 Å². The van der Waals surface area contributed by atoms with Crippen LogP contribution in [0, 0.1) is 23.7 Å². The smallest absolute Gasteiger partial charge is 0.345 e. The number of Topliss-reactive ketones (excluding diaryl/α,β-unsaturated/α-hetero) is 1. The number of aliphatic hydroxyl groups is 3. The van der Waals surface area contributed by atoms with Gasteiger partial charge < -0.3 is 29.9 Å². The van der Waals surface area contributed by atoms with Gasteiger partial charge in [-0.3, -0.25) is 14.4 Å². The molecule has 0 unspecified atom stereocenters. The first-order chi connectivity index (χ1) is 21.4. The predicted octanol–water partition coefficient (Wildman–Crippen LogP) is 3.40. The highest BCUT2D eigenvalue weighted by molar-refractivity contribution is 6.12. The van der Waals surface area contributed by atoms with E-state index in [1.54, 1.807) is 13.8 Å². The molecule has 0 fully saturated rings. The number of hydrogen-bond donors (Lipinski definition) is 4. The minimum atomic E-state index is -1.60. The molecule has 1 aliphatic rings. The van der Waals surface area contributed by atoms with Crippen LogP contribution in [0.15, 0.2) is 34.9 Å². The summed E-state index contributed by atoms with van der Waals surface area (Å²) in [7, 11) is 0. The first-order valence-electron chi connectivity index (χ1n) is 15.8. The van der Waals surface area contributed by atoms with Crippen LogP contribution in [-0.4, -0.2) is 80.3 Å². The zero-order valence-electron chi connectivity index (χ0n) is 27.9. The summed E-state index contributed by atoms with van der Waals surface area (Å²) in [6, 6.07) is 0. The molecular weight excluding hydrogens is 600 g/mol. The maximum atomic E-state index is 12.8. The Labute approximate surface area is 270 Å². The fourth-order valence-corrected chi connectivity index (χ4v) is 5.24. The quantitative estimate of drug-likeness (QED) is 0.0611. The molecule has 0 radical (unpaired) electrons. The number of carbonyl (C=O) groups excluding carboxylic acids is 5. The Kier molecular flexibility index (Phi) is 17.0. The Morgan fingerprint density at radius 1 is 0.848 bits per heavy atom. The molecule has 1 rings (SSSR count). The molecule has 46 heavy (non-hydrogen) atoms. The van der Waals surface area contributed by atoms with Crippen molar-refractivity contribution >= 4 is 35.4 Å². The molecule has 0 aromatic rings. The largest absolute Gasteiger partial charge is 0.478 e. The normalized spacial score (nSPS) is 19.2. The van der Waals surface area contributed by atoms with Gasteiger partial charge in [0.05, 0.1) is 30.3 Å². The van der Waals surface area contributed by atoms with Crippen LogP contribution in [-0.2, 0) is 38.2 Å². The monoisotopic (exact) mass is 650 g/mol. The molecule has 1 aliphatic heterocycles. The molecule has 8 atom stereocenters. The number of aliphatic carboxylic acids is 1. The molecule has 0 amide bonds. The van der Waals surface area contributed by atoms with Crippen molar-refractivity contribution in [1.82, 2.24) is 0 Å². The van der Waals surface area contributed by atoms with Crippen LogP contribution in [0.25, 0.3) is 0 Å². The first-order valence-corrected chi connectivity index (χ1v) is 15.8. The van der Waals surface area contributed by atoms with Gasteiger partial charge in [-0.25, -0.2) is 14.4 Å². The number of carbonyl (C=O) groups is 6. The summed E-state index contributed by atoms with van der Waals surface area (Å²) < 4.78 is 9.70. The molecular formula is C34H50O12. The lowest BCUT2D eigenvalue weighted by Crippen LogP contribution is -2.36. The second kappa shape index (κ2) is 19.2. The minimum Gasteiger partial charge on any atom is -0.478 e. The number of allylic oxidation sites excluding steroid dienone is 3. The van der Waals surface area contributed by atoms with Crippen LogP contribution in [0.2, 0.25) is 0 Å². The topological polar surface area (TPSA) is 202 Å². The Bertz CT molecular complexity index is 1210. The van der Waals surface area contributed by atoms with E-state index >= 15 is 0 Å². The van der Waals surface area contributed by atoms with Crippen molar-refractivity contribution in [2.75, 3.05) is 0 Å². The van der Waals surface area contributed by atoms with Gasteiger partial charge in [0, 0.05) is 36.3 Å². The molecule has 0 aromatic heterocycles. The number of ether oxygens (including phenoxy) is 2. The second-order valence-electron chi connectivity index (χ2n) is 12.5. The van der Waals surface area contributed by atoms with E-state index in [-0.39, 0.29) is 41.0 Å². The zero-order chi connectivity index (χ0) is 35.3. The first kappa shape index (κ1) is 40.5. The summed E-state index contributed by atoms with van der Waals surface area (Å²) in [6.07, 6.45) is 0.996. The van der Waals surface area contributed by atoms with Gasteiger partial charge in [0.2, 0.25) is 0 Å². The van der Waals surface area contributed by atoms with Crippen molar-refractivity contribution in [3.05, 3.63) is 34.9 Å². The second-order valence-corrected chi connectivity index (χ2v) is 12.5. The number of ketones is 2. The van der Waals surface area contributed by atoms with E-state index in [4.69, 9.17) is 9.84 Å². The van der Waals surface area contributed by atoms with Gasteiger partial charge >= 0.3 is 23.9 Å². The van der Waals surface area contributed by atoms with Gasteiger partial charge in [-0.05, 0) is 63.0 Å². The van der Waals surface area contributed by atoms with Crippen molar-refractivity contribution in [3.8, 4) is 0 Å². The van der Waals surface area contributed by atoms with E-state index in [1.807, 2.05) is 20.8 Å². The fraction of sp³-hybridized carbons (Fsp3) is 0.647. The van der Waals surface area contributed by atoms with E-state index in [0.29, 0.717) is 31.3 Å². The Morgan fingerprint density at radius 2 is 1.48 bits per heavy atom. The highest BCUT2D eigenvalue weighted by Gasteiger charge is 2.36. The lowest BCUT2D eigenvalue weighted by molar-refractivity contribution is -0.154. The number of esters is 3. The van der Waals surface area contributed by atoms with E-state index in [0.717, 1.165) is 12.5 Å². The van der Waals surface area contributed by atoms with Gasteiger partial charge in [0.25, 0.3) is 0 Å². The van der Waals surface area contributed by atoms with E-state index in [2.05, 4.69) is 4.74 Å². The van der Waals surface area contributed by atoms with Crippen LogP contribution >= 0.6 is 0 Å². The lowest BCUT2D eigenvalue weighted by atomic mass is 9.85. The highest BCUT2D eigenvalue weighted by atomic mass is 16.6. The van der Waals surface area contributed by atoms with Gasteiger partial charge in [-0.1, -0.05) is 40.7 Å². The van der Waals surface area contributed by atoms with Crippen LogP contribution < -0.4 is 0 Å². The third-order valence-electron chi connectivity index (χ3n) is 8.47. The van der Waals surface area contributed by atoms with Crippen molar-refractivity contribution in [3.63, 3.8) is 0 Å². The molecule has 0 spiro atoms. The van der Waals surface area contributed by atoms with Gasteiger partial charge in [-0.15, -0.1) is 0 Å². The fourth-order valence-electron chi connectivity index (χ4n) is 5.24. The molecule has 258 valence electrons. The van der Waals surface area contributed by atoms with E-state index in [1.165, 1.54) is 26.0 Å². The number of carboxylic acids is 1. The molecule has 0 saturated heterocycles. The van der Waals surface area contributed by atoms with Crippen LogP contribution in [0.3, 0.4) is 0 Å². The molecule has 12 heteroatoms. The summed E-state index contributed by atoms with van der Waals surface area (Å²) in [5.41, 5.74) is 0.250. The lowest BCUT2D eigenvalue weighted by Gasteiger charge is -2.27. The molecule has 0 bridgehead atoms. The maximum absolute atomic E-state index is 12.8. The van der Waals surface area contributed by atoms with Gasteiger partial charge in [-0.2, -0.15) is 0 Å². The van der Waals surface area contributed by atoms with Crippen molar-refractivity contribution in [1.29, 1.82) is 0 Å². The SMILES string of the molecule is CCC(/C=C/C(=O)O)=C\C(=O)C[C@H](C)C[C@@H](C)CC[C@H](O)[C@H](C)C(=O)C[C@@H](O)[C@H](C)[C@@H](C)OC(=O)C[C@@H](O)C1=C(C)C(=O)OC1=O. The molecule has 1 heterocycles. The average molecular weight is 651 g/mol. The number of rotatable bonds is 21. The predicted molar refractivity (Wildman–Crippen MR) is 167 cm³/mol. The average Bonchev–Trinajstić information content (AvgIpc) is 3.22. The van der Waals surface area contributed by atoms with Crippen LogP contribution in [0.1, 0.15) is 93.4 Å². The third kappa shape index (κ3) is 13.5. The summed E-state index contributed by atoms with van der Waals surface area (Å²) in [5, 5.41) is 40.3. The van der Waals surface area contributed by atoms with Crippen molar-refractivity contribution in [2.24, 2.45) is 23.7 Å². The Balaban J connectivity index is 2.52. The van der Waals surface area contributed by atoms with Gasteiger partial charge in [0.1, 0.15) is 11.9 Å². The number of cyclic esters (lactones) is 2. The van der Waals surface area contributed by atoms with E-state index < -0.39 is 66.5 Å². The summed E-state index contributed by atoms with van der Waals surface area (Å²) in [5.74, 6) is -5.48. The highest BCUT2D eigenvalue weighted by Crippen LogP contribution is 2.25. The molecule has 0 saturated carbocycles. The van der Waals surface area contributed by atoms with Crippen LogP contribution in [0.4, 0.5) is 0 Å². The Morgan fingerprint density at radius 3 is 2.02 bits per heavy atom.